The number of rotatable bonds is 4. The first kappa shape index (κ1) is 14.6. The molecule has 21 heavy (non-hydrogen) atoms. The van der Waals surface area contributed by atoms with Crippen molar-refractivity contribution in [3.8, 4) is 0 Å². The first-order valence-corrected chi connectivity index (χ1v) is 6.52. The lowest BCUT2D eigenvalue weighted by Gasteiger charge is -2.07. The quantitative estimate of drug-likeness (QED) is 0.349. The van der Waals surface area contributed by atoms with Gasteiger partial charge in [-0.25, -0.2) is 0 Å². The van der Waals surface area contributed by atoms with Crippen molar-refractivity contribution in [1.82, 2.24) is 0 Å². The Bertz CT molecular complexity index is 646. The number of carbonyl (C=O) groups excluding carboxylic acids is 1. The molecule has 0 bridgehead atoms. The van der Waals surface area contributed by atoms with E-state index in [2.05, 4.69) is 10.5 Å². The Morgan fingerprint density at radius 3 is 2.33 bits per heavy atom. The van der Waals surface area contributed by atoms with Crippen LogP contribution in [-0.4, -0.2) is 17.0 Å². The van der Waals surface area contributed by atoms with Crippen LogP contribution in [-0.2, 0) is 6.42 Å². The molecule has 4 N–H and O–H groups in total. The minimum Gasteiger partial charge on any atom is -0.409 e. The number of carbonyl (C=O) groups is 1. The van der Waals surface area contributed by atoms with E-state index in [9.17, 15) is 4.79 Å². The van der Waals surface area contributed by atoms with Crippen LogP contribution in [0.15, 0.2) is 53.7 Å². The number of nitrogens with two attached hydrogens (primary N) is 1. The van der Waals surface area contributed by atoms with Crippen molar-refractivity contribution < 1.29 is 10.0 Å². The Morgan fingerprint density at radius 1 is 1.14 bits per heavy atom. The van der Waals surface area contributed by atoms with Crippen LogP contribution in [0.2, 0.25) is 0 Å². The van der Waals surface area contributed by atoms with E-state index >= 15 is 0 Å². The molecule has 2 aromatic carbocycles. The first-order valence-electron chi connectivity index (χ1n) is 6.52. The number of anilines is 1. The van der Waals surface area contributed by atoms with Crippen molar-refractivity contribution >= 4 is 17.4 Å². The van der Waals surface area contributed by atoms with Gasteiger partial charge in [0.2, 0.25) is 0 Å². The highest BCUT2D eigenvalue weighted by atomic mass is 16.4. The molecule has 0 aliphatic heterocycles. The van der Waals surface area contributed by atoms with Gasteiger partial charge in [0, 0.05) is 17.7 Å². The van der Waals surface area contributed by atoms with Gasteiger partial charge in [0.05, 0.1) is 0 Å². The third-order valence-corrected chi connectivity index (χ3v) is 3.04. The average molecular weight is 283 g/mol. The normalized spacial score (nSPS) is 11.2. The van der Waals surface area contributed by atoms with Gasteiger partial charge in [0.15, 0.2) is 0 Å². The summed E-state index contributed by atoms with van der Waals surface area (Å²) in [7, 11) is 0. The molecule has 5 nitrogen and oxygen atoms in total. The number of hydrogen-bond acceptors (Lipinski definition) is 3. The second-order valence-electron chi connectivity index (χ2n) is 4.79. The molecular weight excluding hydrogens is 266 g/mol. The molecule has 0 saturated carbocycles. The molecule has 0 fully saturated rings. The SMILES string of the molecule is Cc1ccc(C(=O)Nc2ccc(CC(N)=NO)cc2)cc1. The zero-order valence-electron chi connectivity index (χ0n) is 11.7. The fraction of sp³-hybridized carbons (Fsp3) is 0.125. The Hall–Kier alpha value is -2.82. The molecule has 5 heteroatoms. The number of oxime groups is 1. The standard InChI is InChI=1S/C16H17N3O2/c1-11-2-6-13(7-3-11)16(20)18-14-8-4-12(5-9-14)10-15(17)19-21/h2-9,21H,10H2,1H3,(H2,17,19)(H,18,20). The molecule has 0 spiro atoms. The van der Waals surface area contributed by atoms with Gasteiger partial charge in [-0.2, -0.15) is 0 Å². The molecule has 0 saturated heterocycles. The van der Waals surface area contributed by atoms with E-state index in [-0.39, 0.29) is 11.7 Å². The number of aryl methyl sites for hydroxylation is 1. The van der Waals surface area contributed by atoms with Crippen molar-refractivity contribution in [1.29, 1.82) is 0 Å². The molecule has 0 atom stereocenters. The number of nitrogens with zero attached hydrogens (tertiary/aromatic N) is 1. The lowest BCUT2D eigenvalue weighted by molar-refractivity contribution is 0.102. The number of hydrogen-bond donors (Lipinski definition) is 3. The minimum absolute atomic E-state index is 0.145. The van der Waals surface area contributed by atoms with Crippen LogP contribution in [0.1, 0.15) is 21.5 Å². The molecule has 0 unspecified atom stereocenters. The van der Waals surface area contributed by atoms with E-state index in [4.69, 9.17) is 10.9 Å². The maximum atomic E-state index is 12.1. The number of nitrogens with one attached hydrogen (secondary N) is 1. The zero-order chi connectivity index (χ0) is 15.2. The van der Waals surface area contributed by atoms with Gasteiger partial charge in [-0.05, 0) is 36.8 Å². The summed E-state index contributed by atoms with van der Waals surface area (Å²) in [6.07, 6.45) is 0.364. The van der Waals surface area contributed by atoms with Crippen LogP contribution < -0.4 is 11.1 Å². The molecule has 0 heterocycles. The molecule has 0 aromatic heterocycles. The van der Waals surface area contributed by atoms with Crippen molar-refractivity contribution in [3.63, 3.8) is 0 Å². The van der Waals surface area contributed by atoms with Gasteiger partial charge in [-0.1, -0.05) is 35.0 Å². The molecule has 0 aliphatic rings. The lowest BCUT2D eigenvalue weighted by Crippen LogP contribution is -2.15. The highest BCUT2D eigenvalue weighted by Crippen LogP contribution is 2.12. The van der Waals surface area contributed by atoms with Gasteiger partial charge in [-0.15, -0.1) is 0 Å². The summed E-state index contributed by atoms with van der Waals surface area (Å²) in [6, 6.07) is 14.6. The van der Waals surface area contributed by atoms with Crippen LogP contribution in [0, 0.1) is 6.92 Å². The van der Waals surface area contributed by atoms with Crippen molar-refractivity contribution in [2.45, 2.75) is 13.3 Å². The van der Waals surface area contributed by atoms with E-state index in [0.29, 0.717) is 17.7 Å². The van der Waals surface area contributed by atoms with E-state index in [0.717, 1.165) is 11.1 Å². The van der Waals surface area contributed by atoms with Crippen molar-refractivity contribution in [2.24, 2.45) is 10.9 Å². The smallest absolute Gasteiger partial charge is 0.255 e. The molecular formula is C16H17N3O2. The third-order valence-electron chi connectivity index (χ3n) is 3.04. The molecule has 2 rings (SSSR count). The van der Waals surface area contributed by atoms with Crippen LogP contribution in [0.4, 0.5) is 5.69 Å². The molecule has 1 amide bonds. The zero-order valence-corrected chi connectivity index (χ0v) is 11.7. The van der Waals surface area contributed by atoms with Crippen LogP contribution in [0.5, 0.6) is 0 Å². The molecule has 0 aliphatic carbocycles. The molecule has 0 radical (unpaired) electrons. The second kappa shape index (κ2) is 6.56. The van der Waals surface area contributed by atoms with Crippen LogP contribution >= 0.6 is 0 Å². The van der Waals surface area contributed by atoms with Gasteiger partial charge in [0.25, 0.3) is 5.91 Å². The fourth-order valence-electron chi connectivity index (χ4n) is 1.86. The summed E-state index contributed by atoms with van der Waals surface area (Å²) in [6.45, 7) is 1.97. The summed E-state index contributed by atoms with van der Waals surface area (Å²) in [5.41, 5.74) is 8.76. The third kappa shape index (κ3) is 4.07. The Morgan fingerprint density at radius 2 is 1.76 bits per heavy atom. The predicted molar refractivity (Wildman–Crippen MR) is 82.7 cm³/mol. The van der Waals surface area contributed by atoms with Crippen molar-refractivity contribution in [2.75, 3.05) is 5.32 Å². The minimum atomic E-state index is -0.154. The Balaban J connectivity index is 2.03. The van der Waals surface area contributed by atoms with E-state index in [1.54, 1.807) is 24.3 Å². The number of benzene rings is 2. The summed E-state index contributed by atoms with van der Waals surface area (Å²) >= 11 is 0. The largest absolute Gasteiger partial charge is 0.409 e. The Kier molecular flexibility index (Phi) is 4.56. The topological polar surface area (TPSA) is 87.7 Å². The van der Waals surface area contributed by atoms with Crippen LogP contribution in [0.25, 0.3) is 0 Å². The second-order valence-corrected chi connectivity index (χ2v) is 4.79. The highest BCUT2D eigenvalue weighted by Gasteiger charge is 2.05. The maximum absolute atomic E-state index is 12.1. The monoisotopic (exact) mass is 283 g/mol. The van der Waals surface area contributed by atoms with Crippen LogP contribution in [0.3, 0.4) is 0 Å². The van der Waals surface area contributed by atoms with Gasteiger partial charge < -0.3 is 16.3 Å². The lowest BCUT2D eigenvalue weighted by atomic mass is 10.1. The summed E-state index contributed by atoms with van der Waals surface area (Å²) in [5, 5.41) is 14.3. The number of amides is 1. The van der Waals surface area contributed by atoms with Gasteiger partial charge in [-0.3, -0.25) is 4.79 Å². The first-order chi connectivity index (χ1) is 10.1. The Labute approximate surface area is 123 Å². The maximum Gasteiger partial charge on any atom is 0.255 e. The summed E-state index contributed by atoms with van der Waals surface area (Å²) in [4.78, 5) is 12.1. The highest BCUT2D eigenvalue weighted by molar-refractivity contribution is 6.04. The van der Waals surface area contributed by atoms with Crippen molar-refractivity contribution in [3.05, 3.63) is 65.2 Å². The molecule has 108 valence electrons. The average Bonchev–Trinajstić information content (AvgIpc) is 2.49. The number of amidine groups is 1. The summed E-state index contributed by atoms with van der Waals surface area (Å²) < 4.78 is 0. The molecule has 2 aromatic rings. The van der Waals surface area contributed by atoms with E-state index in [1.807, 2.05) is 31.2 Å². The predicted octanol–water partition coefficient (Wildman–Crippen LogP) is 2.54. The van der Waals surface area contributed by atoms with Gasteiger partial charge >= 0.3 is 0 Å². The van der Waals surface area contributed by atoms with Gasteiger partial charge in [0.1, 0.15) is 5.84 Å². The van der Waals surface area contributed by atoms with E-state index in [1.165, 1.54) is 0 Å². The summed E-state index contributed by atoms with van der Waals surface area (Å²) in [5.74, 6) is -0.00868. The van der Waals surface area contributed by atoms with E-state index < -0.39 is 0 Å². The fourth-order valence-corrected chi connectivity index (χ4v) is 1.86.